The van der Waals surface area contributed by atoms with Gasteiger partial charge in [-0.2, -0.15) is 4.68 Å². The van der Waals surface area contributed by atoms with Gasteiger partial charge in [-0.1, -0.05) is 28.1 Å². The molecule has 0 unspecified atom stereocenters. The molecule has 0 aliphatic rings. The minimum Gasteiger partial charge on any atom is -0.399 e. The van der Waals surface area contributed by atoms with Crippen molar-refractivity contribution in [2.75, 3.05) is 5.73 Å². The van der Waals surface area contributed by atoms with Crippen LogP contribution in [0.15, 0.2) is 46.9 Å². The van der Waals surface area contributed by atoms with Gasteiger partial charge in [-0.25, -0.2) is 0 Å². The predicted octanol–water partition coefficient (Wildman–Crippen LogP) is 2.98. The number of nitrogens with zero attached hydrogens (tertiary/aromatic N) is 4. The van der Waals surface area contributed by atoms with Crippen LogP contribution in [0.2, 0.25) is 0 Å². The number of rotatable bonds is 2. The van der Waals surface area contributed by atoms with Gasteiger partial charge < -0.3 is 5.73 Å². The Balaban J connectivity index is 2.15. The number of hydrogen-bond donors (Lipinski definition) is 1. The number of aryl methyl sites for hydroxylation is 1. The molecule has 0 saturated carbocycles. The molecule has 3 rings (SSSR count). The Bertz CT molecular complexity index is 766. The molecule has 0 atom stereocenters. The molecular weight excluding hydrogens is 318 g/mol. The standard InChI is InChI=1S/C14H12BrN5/c1-9-7-11(15)5-6-13(9)20-14(17-18-19-20)10-3-2-4-12(16)8-10/h2-8H,16H2,1H3. The Kier molecular flexibility index (Phi) is 3.23. The molecule has 1 heterocycles. The first-order chi connectivity index (χ1) is 9.65. The van der Waals surface area contributed by atoms with Crippen LogP contribution in [0, 0.1) is 6.92 Å². The second-order valence-corrected chi connectivity index (χ2v) is 5.39. The fraction of sp³-hybridized carbons (Fsp3) is 0.0714. The fourth-order valence-electron chi connectivity index (χ4n) is 2.06. The van der Waals surface area contributed by atoms with E-state index >= 15 is 0 Å². The van der Waals surface area contributed by atoms with Crippen molar-refractivity contribution in [3.8, 4) is 17.1 Å². The SMILES string of the molecule is Cc1cc(Br)ccc1-n1nnnc1-c1cccc(N)c1. The third-order valence-electron chi connectivity index (χ3n) is 3.00. The van der Waals surface area contributed by atoms with E-state index in [0.29, 0.717) is 11.5 Å². The molecule has 5 nitrogen and oxygen atoms in total. The van der Waals surface area contributed by atoms with Crippen LogP contribution >= 0.6 is 15.9 Å². The van der Waals surface area contributed by atoms with Crippen molar-refractivity contribution in [3.63, 3.8) is 0 Å². The van der Waals surface area contributed by atoms with Crippen molar-refractivity contribution in [2.45, 2.75) is 6.92 Å². The zero-order chi connectivity index (χ0) is 14.1. The van der Waals surface area contributed by atoms with E-state index in [2.05, 4.69) is 31.5 Å². The van der Waals surface area contributed by atoms with Crippen LogP contribution in [-0.4, -0.2) is 20.2 Å². The van der Waals surface area contributed by atoms with Crippen molar-refractivity contribution in [1.29, 1.82) is 0 Å². The summed E-state index contributed by atoms with van der Waals surface area (Å²) in [5.41, 5.74) is 9.41. The van der Waals surface area contributed by atoms with Crippen LogP contribution in [0.3, 0.4) is 0 Å². The Hall–Kier alpha value is -2.21. The van der Waals surface area contributed by atoms with E-state index < -0.39 is 0 Å². The minimum atomic E-state index is 0.669. The van der Waals surface area contributed by atoms with Gasteiger partial charge in [0.15, 0.2) is 5.82 Å². The molecule has 0 amide bonds. The lowest BCUT2D eigenvalue weighted by Gasteiger charge is -2.08. The molecule has 0 radical (unpaired) electrons. The summed E-state index contributed by atoms with van der Waals surface area (Å²) in [6.45, 7) is 2.02. The number of halogens is 1. The number of nitrogens with two attached hydrogens (primary N) is 1. The maximum atomic E-state index is 5.82. The molecule has 2 aromatic carbocycles. The van der Waals surface area contributed by atoms with Gasteiger partial charge >= 0.3 is 0 Å². The largest absolute Gasteiger partial charge is 0.399 e. The molecule has 2 N–H and O–H groups in total. The third-order valence-corrected chi connectivity index (χ3v) is 3.49. The van der Waals surface area contributed by atoms with Crippen LogP contribution in [0.4, 0.5) is 5.69 Å². The van der Waals surface area contributed by atoms with E-state index in [0.717, 1.165) is 21.3 Å². The number of hydrogen-bond acceptors (Lipinski definition) is 4. The summed E-state index contributed by atoms with van der Waals surface area (Å²) in [5.74, 6) is 0.669. The molecule has 0 fully saturated rings. The third kappa shape index (κ3) is 2.30. The average Bonchev–Trinajstić information content (AvgIpc) is 2.87. The highest BCUT2D eigenvalue weighted by atomic mass is 79.9. The Morgan fingerprint density at radius 3 is 2.75 bits per heavy atom. The van der Waals surface area contributed by atoms with Gasteiger partial charge in [-0.15, -0.1) is 5.10 Å². The van der Waals surface area contributed by atoms with Crippen LogP contribution in [0.1, 0.15) is 5.56 Å². The smallest absolute Gasteiger partial charge is 0.187 e. The number of aromatic nitrogens is 4. The molecule has 0 saturated heterocycles. The van der Waals surface area contributed by atoms with Crippen molar-refractivity contribution in [1.82, 2.24) is 20.2 Å². The number of nitrogen functional groups attached to an aromatic ring is 1. The first-order valence-electron chi connectivity index (χ1n) is 6.06. The quantitative estimate of drug-likeness (QED) is 0.734. The maximum absolute atomic E-state index is 5.82. The van der Waals surface area contributed by atoms with Gasteiger partial charge in [0.05, 0.1) is 5.69 Å². The molecule has 0 aliphatic carbocycles. The number of tetrazole rings is 1. The highest BCUT2D eigenvalue weighted by molar-refractivity contribution is 9.10. The fourth-order valence-corrected chi connectivity index (χ4v) is 2.54. The predicted molar refractivity (Wildman–Crippen MR) is 81.4 cm³/mol. The molecule has 0 spiro atoms. The summed E-state index contributed by atoms with van der Waals surface area (Å²) in [7, 11) is 0. The lowest BCUT2D eigenvalue weighted by molar-refractivity contribution is 0.787. The van der Waals surface area contributed by atoms with Gasteiger partial charge in [0.25, 0.3) is 0 Å². The van der Waals surface area contributed by atoms with Crippen molar-refractivity contribution < 1.29 is 0 Å². The zero-order valence-electron chi connectivity index (χ0n) is 10.8. The van der Waals surface area contributed by atoms with Gasteiger partial charge in [0, 0.05) is 15.7 Å². The molecule has 0 bridgehead atoms. The Morgan fingerprint density at radius 2 is 2.00 bits per heavy atom. The van der Waals surface area contributed by atoms with Crippen molar-refractivity contribution >= 4 is 21.6 Å². The van der Waals surface area contributed by atoms with E-state index in [1.165, 1.54) is 0 Å². The Morgan fingerprint density at radius 1 is 1.15 bits per heavy atom. The molecule has 100 valence electrons. The lowest BCUT2D eigenvalue weighted by atomic mass is 10.1. The van der Waals surface area contributed by atoms with Crippen LogP contribution in [-0.2, 0) is 0 Å². The highest BCUT2D eigenvalue weighted by Gasteiger charge is 2.12. The maximum Gasteiger partial charge on any atom is 0.187 e. The highest BCUT2D eigenvalue weighted by Crippen LogP contribution is 2.24. The number of benzene rings is 2. The van der Waals surface area contributed by atoms with Crippen molar-refractivity contribution in [2.24, 2.45) is 0 Å². The molecule has 20 heavy (non-hydrogen) atoms. The molecule has 1 aromatic heterocycles. The summed E-state index contributed by atoms with van der Waals surface area (Å²) in [4.78, 5) is 0. The average molecular weight is 330 g/mol. The second kappa shape index (κ2) is 5.05. The summed E-state index contributed by atoms with van der Waals surface area (Å²) >= 11 is 3.46. The zero-order valence-corrected chi connectivity index (χ0v) is 12.4. The van der Waals surface area contributed by atoms with E-state index in [4.69, 9.17) is 5.73 Å². The Labute approximate surface area is 124 Å². The van der Waals surface area contributed by atoms with E-state index in [-0.39, 0.29) is 0 Å². The number of anilines is 1. The van der Waals surface area contributed by atoms with Crippen molar-refractivity contribution in [3.05, 3.63) is 52.5 Å². The molecule has 6 heteroatoms. The summed E-state index contributed by atoms with van der Waals surface area (Å²) in [5, 5.41) is 12.0. The molecule has 0 aliphatic heterocycles. The van der Waals surface area contributed by atoms with E-state index in [1.807, 2.05) is 49.4 Å². The van der Waals surface area contributed by atoms with Gasteiger partial charge in [0.1, 0.15) is 0 Å². The van der Waals surface area contributed by atoms with Crippen LogP contribution < -0.4 is 5.73 Å². The van der Waals surface area contributed by atoms with E-state index in [9.17, 15) is 0 Å². The molecular formula is C14H12BrN5. The summed E-state index contributed by atoms with van der Waals surface area (Å²) in [6.07, 6.45) is 0. The monoisotopic (exact) mass is 329 g/mol. The van der Waals surface area contributed by atoms with Gasteiger partial charge in [-0.3, -0.25) is 0 Å². The molecule has 3 aromatic rings. The topological polar surface area (TPSA) is 69.6 Å². The first-order valence-corrected chi connectivity index (χ1v) is 6.85. The lowest BCUT2D eigenvalue weighted by Crippen LogP contribution is -2.02. The van der Waals surface area contributed by atoms with Gasteiger partial charge in [0.2, 0.25) is 0 Å². The van der Waals surface area contributed by atoms with Crippen LogP contribution in [0.25, 0.3) is 17.1 Å². The van der Waals surface area contributed by atoms with E-state index in [1.54, 1.807) is 4.68 Å². The summed E-state index contributed by atoms with van der Waals surface area (Å²) in [6, 6.07) is 13.5. The second-order valence-electron chi connectivity index (χ2n) is 4.47. The van der Waals surface area contributed by atoms with Gasteiger partial charge in [-0.05, 0) is 53.2 Å². The minimum absolute atomic E-state index is 0.669. The normalized spacial score (nSPS) is 10.7. The van der Waals surface area contributed by atoms with Crippen LogP contribution in [0.5, 0.6) is 0 Å². The summed E-state index contributed by atoms with van der Waals surface area (Å²) < 4.78 is 2.74. The first kappa shape index (κ1) is 12.8.